The summed E-state index contributed by atoms with van der Waals surface area (Å²) in [6.07, 6.45) is 1.25. The molecule has 5 heteroatoms. The Bertz CT molecular complexity index is 602. The minimum absolute atomic E-state index is 0.0472. The van der Waals surface area contributed by atoms with Crippen LogP contribution in [-0.4, -0.2) is 28.2 Å². The fourth-order valence-electron chi connectivity index (χ4n) is 3.05. The summed E-state index contributed by atoms with van der Waals surface area (Å²) < 4.78 is 19.5. The SMILES string of the molecule is CC(C)(C)OC(=O)N1Cc2c(O)ccc(F)c2C2(CC2)C1. The third-order valence-corrected chi connectivity index (χ3v) is 4.12. The molecule has 3 rings (SSSR count). The van der Waals surface area contributed by atoms with Crippen LogP contribution in [-0.2, 0) is 16.7 Å². The molecule has 1 spiro atoms. The summed E-state index contributed by atoms with van der Waals surface area (Å²) in [5.74, 6) is -0.241. The number of fused-ring (bicyclic) bond motifs is 2. The van der Waals surface area contributed by atoms with Crippen LogP contribution in [0.5, 0.6) is 5.75 Å². The number of hydrogen-bond acceptors (Lipinski definition) is 3. The molecule has 4 nitrogen and oxygen atoms in total. The summed E-state index contributed by atoms with van der Waals surface area (Å²) in [6, 6.07) is 2.65. The number of nitrogens with zero attached hydrogens (tertiary/aromatic N) is 1. The summed E-state index contributed by atoms with van der Waals surface area (Å²) in [5.41, 5.74) is 0.192. The smallest absolute Gasteiger partial charge is 0.410 e. The molecule has 0 saturated heterocycles. The van der Waals surface area contributed by atoms with Crippen LogP contribution in [0.2, 0.25) is 0 Å². The first-order chi connectivity index (χ1) is 9.72. The number of halogens is 1. The van der Waals surface area contributed by atoms with Gasteiger partial charge in [0.05, 0.1) is 6.54 Å². The average Bonchev–Trinajstić information content (AvgIpc) is 3.11. The minimum atomic E-state index is -0.571. The van der Waals surface area contributed by atoms with Gasteiger partial charge in [0.15, 0.2) is 0 Å². The number of ether oxygens (including phenoxy) is 1. The van der Waals surface area contributed by atoms with E-state index >= 15 is 0 Å². The van der Waals surface area contributed by atoms with Crippen molar-refractivity contribution in [3.05, 3.63) is 29.1 Å². The van der Waals surface area contributed by atoms with Gasteiger partial charge >= 0.3 is 6.09 Å². The molecule has 1 aliphatic carbocycles. The maximum absolute atomic E-state index is 14.1. The molecule has 1 saturated carbocycles. The van der Waals surface area contributed by atoms with Gasteiger partial charge in [-0.2, -0.15) is 0 Å². The molecule has 1 aromatic rings. The lowest BCUT2D eigenvalue weighted by Crippen LogP contribution is -2.44. The number of phenols is 1. The standard InChI is InChI=1S/C16H20FNO3/c1-15(2,3)21-14(20)18-8-10-12(19)5-4-11(17)13(10)16(9-18)6-7-16/h4-5,19H,6-9H2,1-3H3. The van der Waals surface area contributed by atoms with E-state index in [1.165, 1.54) is 12.1 Å². The van der Waals surface area contributed by atoms with Crippen LogP contribution in [0, 0.1) is 5.82 Å². The van der Waals surface area contributed by atoms with Crippen LogP contribution in [0.4, 0.5) is 9.18 Å². The Hall–Kier alpha value is -1.78. The zero-order valence-electron chi connectivity index (χ0n) is 12.6. The van der Waals surface area contributed by atoms with Crippen LogP contribution >= 0.6 is 0 Å². The van der Waals surface area contributed by atoms with E-state index in [1.54, 1.807) is 4.90 Å². The van der Waals surface area contributed by atoms with E-state index < -0.39 is 11.7 Å². The van der Waals surface area contributed by atoms with E-state index in [4.69, 9.17) is 4.74 Å². The third kappa shape index (κ3) is 2.45. The quantitative estimate of drug-likeness (QED) is 0.798. The first-order valence-electron chi connectivity index (χ1n) is 7.21. The van der Waals surface area contributed by atoms with Gasteiger partial charge in [-0.05, 0) is 45.7 Å². The molecule has 1 aliphatic heterocycles. The number of aromatic hydroxyl groups is 1. The summed E-state index contributed by atoms with van der Waals surface area (Å²) in [6.45, 7) is 6.08. The molecule has 114 valence electrons. The topological polar surface area (TPSA) is 49.8 Å². The van der Waals surface area contributed by atoms with Crippen molar-refractivity contribution in [1.29, 1.82) is 0 Å². The second-order valence-corrected chi connectivity index (χ2v) is 7.04. The van der Waals surface area contributed by atoms with Crippen LogP contribution in [0.1, 0.15) is 44.7 Å². The van der Waals surface area contributed by atoms with Crippen molar-refractivity contribution in [3.8, 4) is 5.75 Å². The average molecular weight is 293 g/mol. The highest BCUT2D eigenvalue weighted by Gasteiger charge is 2.52. The number of phenolic OH excluding ortho intramolecular Hbond substituents is 1. The van der Waals surface area contributed by atoms with Crippen molar-refractivity contribution in [2.24, 2.45) is 0 Å². The molecule has 1 heterocycles. The van der Waals surface area contributed by atoms with Gasteiger partial charge in [-0.15, -0.1) is 0 Å². The lowest BCUT2D eigenvalue weighted by molar-refractivity contribution is 0.0193. The molecule has 1 amide bonds. The van der Waals surface area contributed by atoms with Crippen LogP contribution in [0.15, 0.2) is 12.1 Å². The monoisotopic (exact) mass is 293 g/mol. The normalized spacial score (nSPS) is 19.3. The van der Waals surface area contributed by atoms with E-state index in [9.17, 15) is 14.3 Å². The lowest BCUT2D eigenvalue weighted by Gasteiger charge is -2.36. The van der Waals surface area contributed by atoms with Gasteiger partial charge in [-0.25, -0.2) is 9.18 Å². The number of carbonyl (C=O) groups is 1. The highest BCUT2D eigenvalue weighted by molar-refractivity contribution is 5.70. The number of hydrogen-bond donors (Lipinski definition) is 1. The molecule has 1 N–H and O–H groups in total. The first kappa shape index (κ1) is 14.2. The molecule has 1 fully saturated rings. The Balaban J connectivity index is 1.94. The van der Waals surface area contributed by atoms with E-state index in [2.05, 4.69) is 0 Å². The van der Waals surface area contributed by atoms with Crippen LogP contribution < -0.4 is 0 Å². The van der Waals surface area contributed by atoms with Gasteiger partial charge in [0.2, 0.25) is 0 Å². The number of rotatable bonds is 0. The van der Waals surface area contributed by atoms with Crippen molar-refractivity contribution >= 4 is 6.09 Å². The third-order valence-electron chi connectivity index (χ3n) is 4.12. The molecular formula is C16H20FNO3. The molecule has 0 atom stereocenters. The Morgan fingerprint density at radius 3 is 2.62 bits per heavy atom. The second-order valence-electron chi connectivity index (χ2n) is 7.04. The van der Waals surface area contributed by atoms with Crippen molar-refractivity contribution in [2.45, 2.75) is 51.2 Å². The van der Waals surface area contributed by atoms with Crippen molar-refractivity contribution in [1.82, 2.24) is 4.90 Å². The maximum Gasteiger partial charge on any atom is 0.410 e. The second kappa shape index (κ2) is 4.36. The highest BCUT2D eigenvalue weighted by atomic mass is 19.1. The summed E-state index contributed by atoms with van der Waals surface area (Å²) in [4.78, 5) is 13.8. The number of amides is 1. The largest absolute Gasteiger partial charge is 0.508 e. The van der Waals surface area contributed by atoms with E-state index in [0.29, 0.717) is 17.7 Å². The molecule has 21 heavy (non-hydrogen) atoms. The van der Waals surface area contributed by atoms with E-state index in [0.717, 1.165) is 12.8 Å². The first-order valence-corrected chi connectivity index (χ1v) is 7.21. The predicted octanol–water partition coefficient (Wildman–Crippen LogP) is 3.31. The molecule has 0 unspecified atom stereocenters. The zero-order valence-corrected chi connectivity index (χ0v) is 12.6. The van der Waals surface area contributed by atoms with Gasteiger partial charge in [0.1, 0.15) is 17.2 Å². The Labute approximate surface area is 123 Å². The fraction of sp³-hybridized carbons (Fsp3) is 0.562. The van der Waals surface area contributed by atoms with Gasteiger partial charge in [0.25, 0.3) is 0 Å². The van der Waals surface area contributed by atoms with E-state index in [-0.39, 0.29) is 23.5 Å². The Morgan fingerprint density at radius 2 is 2.05 bits per heavy atom. The van der Waals surface area contributed by atoms with Crippen LogP contribution in [0.25, 0.3) is 0 Å². The molecule has 0 aromatic heterocycles. The number of benzene rings is 1. The predicted molar refractivity (Wildman–Crippen MR) is 75.6 cm³/mol. The van der Waals surface area contributed by atoms with Crippen LogP contribution in [0.3, 0.4) is 0 Å². The van der Waals surface area contributed by atoms with Gasteiger partial charge in [-0.1, -0.05) is 0 Å². The number of carbonyl (C=O) groups excluding carboxylic acids is 1. The lowest BCUT2D eigenvalue weighted by atomic mass is 9.86. The Kier molecular flexibility index (Phi) is 2.94. The molecule has 0 bridgehead atoms. The van der Waals surface area contributed by atoms with Crippen molar-refractivity contribution in [3.63, 3.8) is 0 Å². The summed E-state index contributed by atoms with van der Waals surface area (Å²) >= 11 is 0. The van der Waals surface area contributed by atoms with Gasteiger partial charge in [0, 0.05) is 23.1 Å². The Morgan fingerprint density at radius 1 is 1.38 bits per heavy atom. The van der Waals surface area contributed by atoms with E-state index in [1.807, 2.05) is 20.8 Å². The molecular weight excluding hydrogens is 273 g/mol. The fourth-order valence-corrected chi connectivity index (χ4v) is 3.05. The van der Waals surface area contributed by atoms with Gasteiger partial charge < -0.3 is 14.7 Å². The summed E-state index contributed by atoms with van der Waals surface area (Å²) in [7, 11) is 0. The molecule has 0 radical (unpaired) electrons. The summed E-state index contributed by atoms with van der Waals surface area (Å²) in [5, 5.41) is 10.0. The van der Waals surface area contributed by atoms with Crippen molar-refractivity contribution in [2.75, 3.05) is 6.54 Å². The van der Waals surface area contributed by atoms with Gasteiger partial charge in [-0.3, -0.25) is 0 Å². The molecule has 2 aliphatic rings. The molecule has 1 aromatic carbocycles. The highest BCUT2D eigenvalue weighted by Crippen LogP contribution is 2.54. The minimum Gasteiger partial charge on any atom is -0.508 e. The zero-order chi connectivity index (χ0) is 15.4. The maximum atomic E-state index is 14.1. The van der Waals surface area contributed by atoms with Crippen molar-refractivity contribution < 1.29 is 19.0 Å².